The van der Waals surface area contributed by atoms with Crippen LogP contribution in [0.3, 0.4) is 0 Å². The normalized spacial score (nSPS) is 21.5. The van der Waals surface area contributed by atoms with Gasteiger partial charge < -0.3 is 10.9 Å². The number of nitrogens with two attached hydrogens (primary N) is 1. The van der Waals surface area contributed by atoms with E-state index in [0.29, 0.717) is 0 Å². The smallest absolute Gasteiger partial charge is 0.170 e. The summed E-state index contributed by atoms with van der Waals surface area (Å²) < 4.78 is 0. The molecule has 0 aromatic heterocycles. The highest BCUT2D eigenvalue weighted by Crippen LogP contribution is 2.20. The average Bonchev–Trinajstić information content (AvgIpc) is 2.47. The third-order valence-corrected chi connectivity index (χ3v) is 3.94. The average molecular weight is 261 g/mol. The summed E-state index contributed by atoms with van der Waals surface area (Å²) in [5.41, 5.74) is 7.60. The van der Waals surface area contributed by atoms with Gasteiger partial charge in [0, 0.05) is 18.7 Å². The van der Waals surface area contributed by atoms with Crippen LogP contribution in [0.5, 0.6) is 0 Å². The molecule has 104 valence electrons. The van der Waals surface area contributed by atoms with Crippen molar-refractivity contribution in [1.29, 1.82) is 0 Å². The monoisotopic (exact) mass is 261 g/mol. The van der Waals surface area contributed by atoms with Crippen LogP contribution in [0.15, 0.2) is 29.4 Å². The van der Waals surface area contributed by atoms with Crippen molar-refractivity contribution in [1.82, 2.24) is 4.90 Å². The van der Waals surface area contributed by atoms with E-state index in [-0.39, 0.29) is 5.84 Å². The lowest BCUT2D eigenvalue weighted by atomic mass is 9.95. The van der Waals surface area contributed by atoms with Crippen molar-refractivity contribution in [2.24, 2.45) is 16.8 Å². The zero-order valence-corrected chi connectivity index (χ0v) is 11.5. The lowest BCUT2D eigenvalue weighted by molar-refractivity contribution is 0.165. The van der Waals surface area contributed by atoms with E-state index in [0.717, 1.165) is 18.0 Å². The molecule has 0 saturated carbocycles. The van der Waals surface area contributed by atoms with Gasteiger partial charge in [0.15, 0.2) is 5.84 Å². The second-order valence-corrected chi connectivity index (χ2v) is 5.33. The predicted octanol–water partition coefficient (Wildman–Crippen LogP) is 2.40. The molecule has 1 saturated heterocycles. The van der Waals surface area contributed by atoms with E-state index < -0.39 is 0 Å². The minimum Gasteiger partial charge on any atom is -0.409 e. The van der Waals surface area contributed by atoms with Gasteiger partial charge in [-0.05, 0) is 30.9 Å². The first kappa shape index (κ1) is 13.9. The van der Waals surface area contributed by atoms with Gasteiger partial charge in [-0.3, -0.25) is 4.90 Å². The van der Waals surface area contributed by atoms with Gasteiger partial charge in [0.1, 0.15) is 0 Å². The molecule has 1 aliphatic heterocycles. The molecule has 1 fully saturated rings. The molecule has 1 atom stereocenters. The first-order chi connectivity index (χ1) is 9.22. The maximum Gasteiger partial charge on any atom is 0.170 e. The molecule has 3 N–H and O–H groups in total. The predicted molar refractivity (Wildman–Crippen MR) is 77.2 cm³/mol. The fourth-order valence-corrected chi connectivity index (χ4v) is 2.72. The first-order valence-electron chi connectivity index (χ1n) is 7.02. The van der Waals surface area contributed by atoms with Crippen LogP contribution in [0.25, 0.3) is 0 Å². The molecule has 19 heavy (non-hydrogen) atoms. The molecule has 0 aliphatic carbocycles. The molecule has 4 heteroatoms. The molecule has 1 aliphatic rings. The van der Waals surface area contributed by atoms with Crippen LogP contribution in [0.1, 0.15) is 37.3 Å². The first-order valence-corrected chi connectivity index (χ1v) is 7.02. The summed E-state index contributed by atoms with van der Waals surface area (Å²) in [6.45, 7) is 5.67. The number of likely N-dealkylation sites (tertiary alicyclic amines) is 1. The van der Waals surface area contributed by atoms with Gasteiger partial charge in [0.2, 0.25) is 0 Å². The third kappa shape index (κ3) is 3.70. The Morgan fingerprint density at radius 1 is 1.42 bits per heavy atom. The van der Waals surface area contributed by atoms with Crippen molar-refractivity contribution in [3.8, 4) is 0 Å². The van der Waals surface area contributed by atoms with Gasteiger partial charge in [0.25, 0.3) is 0 Å². The molecule has 0 radical (unpaired) electrons. The molecule has 1 heterocycles. The summed E-state index contributed by atoms with van der Waals surface area (Å²) in [7, 11) is 0. The second-order valence-electron chi connectivity index (χ2n) is 5.33. The second kappa shape index (κ2) is 6.57. The SMILES string of the molecule is CCC1CCCN(Cc2ccc(/C(N)=N/O)cc2)C1. The highest BCUT2D eigenvalue weighted by Gasteiger charge is 2.18. The Hall–Kier alpha value is -1.55. The highest BCUT2D eigenvalue weighted by atomic mass is 16.4. The van der Waals surface area contributed by atoms with E-state index in [2.05, 4.69) is 29.1 Å². The molecule has 0 bridgehead atoms. The van der Waals surface area contributed by atoms with Crippen molar-refractivity contribution < 1.29 is 5.21 Å². The molecule has 0 amide bonds. The largest absolute Gasteiger partial charge is 0.409 e. The van der Waals surface area contributed by atoms with Crippen molar-refractivity contribution in [3.05, 3.63) is 35.4 Å². The fraction of sp³-hybridized carbons (Fsp3) is 0.533. The van der Waals surface area contributed by atoms with Crippen LogP contribution in [0.4, 0.5) is 0 Å². The van der Waals surface area contributed by atoms with E-state index >= 15 is 0 Å². The lowest BCUT2D eigenvalue weighted by Gasteiger charge is -2.32. The van der Waals surface area contributed by atoms with Crippen molar-refractivity contribution in [3.63, 3.8) is 0 Å². The molecule has 4 nitrogen and oxygen atoms in total. The van der Waals surface area contributed by atoms with E-state index in [1.54, 1.807) is 0 Å². The molecular formula is C15H23N3O. The number of hydrogen-bond acceptors (Lipinski definition) is 3. The molecule has 1 aromatic carbocycles. The summed E-state index contributed by atoms with van der Waals surface area (Å²) >= 11 is 0. The molecular weight excluding hydrogens is 238 g/mol. The van der Waals surface area contributed by atoms with E-state index in [1.165, 1.54) is 37.9 Å². The number of amidine groups is 1. The van der Waals surface area contributed by atoms with Gasteiger partial charge in [-0.15, -0.1) is 0 Å². The number of oxime groups is 1. The topological polar surface area (TPSA) is 61.8 Å². The van der Waals surface area contributed by atoms with Crippen LogP contribution < -0.4 is 5.73 Å². The number of rotatable bonds is 4. The number of piperidine rings is 1. The van der Waals surface area contributed by atoms with Gasteiger partial charge in [-0.1, -0.05) is 42.8 Å². The summed E-state index contributed by atoms with van der Waals surface area (Å²) in [6, 6.07) is 7.93. The van der Waals surface area contributed by atoms with Gasteiger partial charge >= 0.3 is 0 Å². The Labute approximate surface area is 114 Å². The summed E-state index contributed by atoms with van der Waals surface area (Å²) in [4.78, 5) is 2.52. The Kier molecular flexibility index (Phi) is 4.80. The van der Waals surface area contributed by atoms with E-state index in [9.17, 15) is 0 Å². The third-order valence-electron chi connectivity index (χ3n) is 3.94. The maximum absolute atomic E-state index is 8.63. The summed E-state index contributed by atoms with van der Waals surface area (Å²) in [5, 5.41) is 11.6. The number of nitrogens with zero attached hydrogens (tertiary/aromatic N) is 2. The minimum atomic E-state index is 0.163. The van der Waals surface area contributed by atoms with Crippen LogP contribution in [-0.4, -0.2) is 29.0 Å². The molecule has 1 unspecified atom stereocenters. The van der Waals surface area contributed by atoms with Crippen LogP contribution in [0, 0.1) is 5.92 Å². The number of benzene rings is 1. The molecule has 2 rings (SSSR count). The van der Waals surface area contributed by atoms with Crippen molar-refractivity contribution in [2.45, 2.75) is 32.7 Å². The lowest BCUT2D eigenvalue weighted by Crippen LogP contribution is -2.34. The van der Waals surface area contributed by atoms with Crippen LogP contribution >= 0.6 is 0 Å². The Morgan fingerprint density at radius 2 is 2.16 bits per heavy atom. The summed E-state index contributed by atoms with van der Waals surface area (Å²) in [6.07, 6.45) is 3.95. The highest BCUT2D eigenvalue weighted by molar-refractivity contribution is 5.96. The van der Waals surface area contributed by atoms with Crippen molar-refractivity contribution in [2.75, 3.05) is 13.1 Å². The molecule has 1 aromatic rings. The Balaban J connectivity index is 1.96. The maximum atomic E-state index is 8.63. The van der Waals surface area contributed by atoms with E-state index in [4.69, 9.17) is 10.9 Å². The van der Waals surface area contributed by atoms with Crippen molar-refractivity contribution >= 4 is 5.84 Å². The minimum absolute atomic E-state index is 0.163. The quantitative estimate of drug-likeness (QED) is 0.379. The molecule has 0 spiro atoms. The Morgan fingerprint density at radius 3 is 2.79 bits per heavy atom. The number of hydrogen-bond donors (Lipinski definition) is 2. The zero-order valence-electron chi connectivity index (χ0n) is 11.5. The van der Waals surface area contributed by atoms with Gasteiger partial charge in [-0.25, -0.2) is 0 Å². The van der Waals surface area contributed by atoms with Crippen LogP contribution in [-0.2, 0) is 6.54 Å². The fourth-order valence-electron chi connectivity index (χ4n) is 2.72. The summed E-state index contributed by atoms with van der Waals surface area (Å²) in [5.74, 6) is 1.01. The van der Waals surface area contributed by atoms with Gasteiger partial charge in [0.05, 0.1) is 0 Å². The zero-order chi connectivity index (χ0) is 13.7. The van der Waals surface area contributed by atoms with Gasteiger partial charge in [-0.2, -0.15) is 0 Å². The Bertz CT molecular complexity index is 428. The van der Waals surface area contributed by atoms with Crippen LogP contribution in [0.2, 0.25) is 0 Å². The van der Waals surface area contributed by atoms with E-state index in [1.807, 2.05) is 12.1 Å². The standard InChI is InChI=1S/C15H23N3O/c1-2-12-4-3-9-18(10-12)11-13-5-7-14(8-6-13)15(16)17-19/h5-8,12,19H,2-4,9-11H2,1H3,(H2,16,17).